The lowest BCUT2D eigenvalue weighted by atomic mass is 10.0. The van der Waals surface area contributed by atoms with Crippen molar-refractivity contribution < 1.29 is 5.11 Å². The number of aliphatic hydroxyl groups excluding tert-OH is 1. The molecule has 0 aromatic carbocycles. The lowest BCUT2D eigenvalue weighted by Gasteiger charge is -2.39. The number of aliphatic hydroxyl groups is 1. The number of hydrogen-bond donors (Lipinski definition) is 1. The van der Waals surface area contributed by atoms with Crippen LogP contribution in [0.3, 0.4) is 0 Å². The molecule has 0 radical (unpaired) electrons. The summed E-state index contributed by atoms with van der Waals surface area (Å²) in [6, 6.07) is 2.06. The maximum atomic E-state index is 8.97. The number of rotatable bonds is 2. The summed E-state index contributed by atoms with van der Waals surface area (Å²) in [5.74, 6) is 1.42. The minimum Gasteiger partial charge on any atom is -0.396 e. The molecule has 15 heavy (non-hydrogen) atoms. The summed E-state index contributed by atoms with van der Waals surface area (Å²) >= 11 is 1.63. The van der Waals surface area contributed by atoms with Gasteiger partial charge in [0, 0.05) is 25.6 Å². The molecule has 1 aliphatic heterocycles. The average Bonchev–Trinajstić information content (AvgIpc) is 2.64. The molecular formula is C10H11N3OS. The first-order valence-electron chi connectivity index (χ1n) is 4.92. The van der Waals surface area contributed by atoms with Crippen LogP contribution in [0.2, 0.25) is 0 Å². The van der Waals surface area contributed by atoms with Crippen molar-refractivity contribution in [2.75, 3.05) is 24.6 Å². The van der Waals surface area contributed by atoms with E-state index in [2.05, 4.69) is 20.9 Å². The van der Waals surface area contributed by atoms with E-state index in [0.29, 0.717) is 5.92 Å². The summed E-state index contributed by atoms with van der Waals surface area (Å²) in [6.45, 7) is 2.07. The highest BCUT2D eigenvalue weighted by Crippen LogP contribution is 2.30. The average molecular weight is 221 g/mol. The van der Waals surface area contributed by atoms with Crippen LogP contribution >= 0.6 is 11.3 Å². The Kier molecular flexibility index (Phi) is 2.07. The molecule has 1 N–H and O–H groups in total. The molecule has 4 nitrogen and oxygen atoms in total. The van der Waals surface area contributed by atoms with Crippen molar-refractivity contribution in [3.8, 4) is 0 Å². The summed E-state index contributed by atoms with van der Waals surface area (Å²) in [7, 11) is 0. The molecule has 78 valence electrons. The summed E-state index contributed by atoms with van der Waals surface area (Å²) in [4.78, 5) is 11.7. The van der Waals surface area contributed by atoms with Crippen LogP contribution in [-0.2, 0) is 0 Å². The Morgan fingerprint density at radius 2 is 2.33 bits per heavy atom. The van der Waals surface area contributed by atoms with E-state index in [1.807, 2.05) is 5.38 Å². The van der Waals surface area contributed by atoms with Crippen LogP contribution in [0.25, 0.3) is 10.2 Å². The first kappa shape index (κ1) is 9.06. The highest BCUT2D eigenvalue weighted by molar-refractivity contribution is 7.16. The van der Waals surface area contributed by atoms with E-state index < -0.39 is 0 Å². The third kappa shape index (κ3) is 1.39. The van der Waals surface area contributed by atoms with E-state index in [9.17, 15) is 0 Å². The van der Waals surface area contributed by atoms with E-state index >= 15 is 0 Å². The normalized spacial score (nSPS) is 17.0. The van der Waals surface area contributed by atoms with Crippen molar-refractivity contribution in [1.29, 1.82) is 0 Å². The monoisotopic (exact) mass is 221 g/mol. The molecule has 0 spiro atoms. The Hall–Kier alpha value is -1.20. The second kappa shape index (κ2) is 3.43. The first-order valence-corrected chi connectivity index (χ1v) is 5.80. The maximum absolute atomic E-state index is 8.97. The highest BCUT2D eigenvalue weighted by atomic mass is 32.1. The topological polar surface area (TPSA) is 49.2 Å². The minimum absolute atomic E-state index is 0.272. The van der Waals surface area contributed by atoms with Crippen molar-refractivity contribution in [2.24, 2.45) is 5.92 Å². The molecule has 0 unspecified atom stereocenters. The lowest BCUT2D eigenvalue weighted by molar-refractivity contribution is 0.200. The van der Waals surface area contributed by atoms with Crippen molar-refractivity contribution in [1.82, 2.24) is 9.97 Å². The van der Waals surface area contributed by atoms with Gasteiger partial charge >= 0.3 is 0 Å². The fourth-order valence-electron chi connectivity index (χ4n) is 1.89. The zero-order valence-corrected chi connectivity index (χ0v) is 8.94. The van der Waals surface area contributed by atoms with Gasteiger partial charge in [-0.25, -0.2) is 9.97 Å². The Morgan fingerprint density at radius 1 is 1.47 bits per heavy atom. The summed E-state index contributed by atoms with van der Waals surface area (Å²) in [5, 5.41) is 12.1. The predicted octanol–water partition coefficient (Wildman–Crippen LogP) is 1.12. The lowest BCUT2D eigenvalue weighted by Crippen LogP contribution is -2.48. The summed E-state index contributed by atoms with van der Waals surface area (Å²) in [5.41, 5.74) is 0. The molecule has 1 fully saturated rings. The fourth-order valence-corrected chi connectivity index (χ4v) is 2.61. The fraction of sp³-hybridized carbons (Fsp3) is 0.400. The molecule has 0 saturated carbocycles. The number of thiophene rings is 1. The zero-order valence-electron chi connectivity index (χ0n) is 8.13. The molecule has 0 amide bonds. The van der Waals surface area contributed by atoms with E-state index in [1.165, 1.54) is 0 Å². The third-order valence-corrected chi connectivity index (χ3v) is 3.58. The molecule has 0 atom stereocenters. The highest BCUT2D eigenvalue weighted by Gasteiger charge is 2.28. The van der Waals surface area contributed by atoms with E-state index in [-0.39, 0.29) is 6.61 Å². The molecule has 0 bridgehead atoms. The van der Waals surface area contributed by atoms with Gasteiger partial charge in [-0.2, -0.15) is 0 Å². The van der Waals surface area contributed by atoms with Gasteiger partial charge in [-0.05, 0) is 11.4 Å². The quantitative estimate of drug-likeness (QED) is 0.825. The van der Waals surface area contributed by atoms with Gasteiger partial charge in [0.2, 0.25) is 0 Å². The van der Waals surface area contributed by atoms with Gasteiger partial charge < -0.3 is 10.0 Å². The van der Waals surface area contributed by atoms with Gasteiger partial charge in [0.05, 0.1) is 5.39 Å². The van der Waals surface area contributed by atoms with Gasteiger partial charge in [0.15, 0.2) is 0 Å². The molecule has 1 aliphatic rings. The third-order valence-electron chi connectivity index (χ3n) is 2.76. The zero-order chi connectivity index (χ0) is 10.3. The molecule has 2 aromatic heterocycles. The Balaban J connectivity index is 1.95. The molecule has 3 heterocycles. The minimum atomic E-state index is 0.272. The summed E-state index contributed by atoms with van der Waals surface area (Å²) in [6.07, 6.45) is 1.61. The van der Waals surface area contributed by atoms with Crippen molar-refractivity contribution >= 4 is 27.4 Å². The van der Waals surface area contributed by atoms with E-state index in [0.717, 1.165) is 29.1 Å². The van der Waals surface area contributed by atoms with Gasteiger partial charge in [-0.1, -0.05) is 0 Å². The van der Waals surface area contributed by atoms with Crippen molar-refractivity contribution in [3.63, 3.8) is 0 Å². The van der Waals surface area contributed by atoms with Gasteiger partial charge in [-0.15, -0.1) is 11.3 Å². The maximum Gasteiger partial charge on any atom is 0.140 e. The van der Waals surface area contributed by atoms with Crippen molar-refractivity contribution in [2.45, 2.75) is 0 Å². The van der Waals surface area contributed by atoms with Crippen LogP contribution < -0.4 is 4.90 Å². The molecule has 1 saturated heterocycles. The molecule has 3 rings (SSSR count). The van der Waals surface area contributed by atoms with E-state index in [1.54, 1.807) is 17.7 Å². The van der Waals surface area contributed by atoms with Gasteiger partial charge in [0.25, 0.3) is 0 Å². The molecule has 5 heteroatoms. The van der Waals surface area contributed by atoms with Crippen LogP contribution in [0.5, 0.6) is 0 Å². The van der Waals surface area contributed by atoms with Crippen molar-refractivity contribution in [3.05, 3.63) is 17.8 Å². The molecule has 0 aliphatic carbocycles. The van der Waals surface area contributed by atoms with Crippen LogP contribution in [-0.4, -0.2) is 34.8 Å². The Bertz CT molecular complexity index is 478. The summed E-state index contributed by atoms with van der Waals surface area (Å²) < 4.78 is 0. The largest absolute Gasteiger partial charge is 0.396 e. The van der Waals surface area contributed by atoms with E-state index in [4.69, 9.17) is 5.11 Å². The number of aromatic nitrogens is 2. The number of anilines is 1. The second-order valence-corrected chi connectivity index (χ2v) is 4.68. The van der Waals surface area contributed by atoms with Gasteiger partial charge in [-0.3, -0.25) is 0 Å². The Labute approximate surface area is 91.2 Å². The predicted molar refractivity (Wildman–Crippen MR) is 60.2 cm³/mol. The number of fused-ring (bicyclic) bond motifs is 1. The van der Waals surface area contributed by atoms with Gasteiger partial charge in [0.1, 0.15) is 17.0 Å². The number of hydrogen-bond acceptors (Lipinski definition) is 5. The standard InChI is InChI=1S/C10H11N3OS/c14-5-7-3-13(4-7)9-8-1-2-15-10(8)12-6-11-9/h1-2,6-7,14H,3-5H2. The Morgan fingerprint density at radius 3 is 3.13 bits per heavy atom. The van der Waals surface area contributed by atoms with Crippen LogP contribution in [0.1, 0.15) is 0 Å². The SMILES string of the molecule is OCC1CN(c2ncnc3sccc23)C1. The van der Waals surface area contributed by atoms with Crippen LogP contribution in [0.4, 0.5) is 5.82 Å². The van der Waals surface area contributed by atoms with Crippen LogP contribution in [0.15, 0.2) is 17.8 Å². The molecule has 2 aromatic rings. The first-order chi connectivity index (χ1) is 7.38. The van der Waals surface area contributed by atoms with Crippen LogP contribution in [0, 0.1) is 5.92 Å². The smallest absolute Gasteiger partial charge is 0.140 e. The molecular weight excluding hydrogens is 210 g/mol. The second-order valence-electron chi connectivity index (χ2n) is 3.79. The number of nitrogens with zero attached hydrogens (tertiary/aromatic N) is 3.